The fourth-order valence-electron chi connectivity index (χ4n) is 4.97. The van der Waals surface area contributed by atoms with E-state index in [9.17, 15) is 0 Å². The standard InChI is InChI=1S/C28H32N10/c1-17(2)11-18(3)32-20-12-19(14-29-15-20)22-13-21-23(16-31-22)35-36-25(21)28-33-26-24(5-6-30-27(26)34-28)38-9-7-37(4)8-10-38/h5-6,12-17,32H,3,7-11H2,1-2,4H3,(H,35,36)(H,30,33,34). The van der Waals surface area contributed by atoms with Gasteiger partial charge in [-0.3, -0.25) is 15.1 Å². The zero-order valence-electron chi connectivity index (χ0n) is 22.0. The van der Waals surface area contributed by atoms with Crippen molar-refractivity contribution in [3.05, 3.63) is 55.3 Å². The molecule has 0 aromatic carbocycles. The molecule has 0 saturated carbocycles. The van der Waals surface area contributed by atoms with Gasteiger partial charge in [-0.1, -0.05) is 20.4 Å². The summed E-state index contributed by atoms with van der Waals surface area (Å²) in [6.45, 7) is 12.5. The van der Waals surface area contributed by atoms with Crippen LogP contribution in [0.3, 0.4) is 0 Å². The third-order valence-corrected chi connectivity index (χ3v) is 6.90. The molecule has 5 aromatic rings. The number of rotatable bonds is 7. The number of likely N-dealkylation sites (N-methyl/N-ethyl adjacent to an activating group) is 1. The number of nitrogens with zero attached hydrogens (tertiary/aromatic N) is 7. The Kier molecular flexibility index (Phi) is 6.24. The van der Waals surface area contributed by atoms with Crippen LogP contribution in [0, 0.1) is 5.92 Å². The van der Waals surface area contributed by atoms with Gasteiger partial charge in [-0.2, -0.15) is 5.10 Å². The number of hydrogen-bond acceptors (Lipinski definition) is 8. The molecule has 0 aliphatic carbocycles. The molecule has 6 heterocycles. The predicted octanol–water partition coefficient (Wildman–Crippen LogP) is 4.68. The number of piperazine rings is 1. The first-order valence-electron chi connectivity index (χ1n) is 13.0. The molecule has 1 fully saturated rings. The summed E-state index contributed by atoms with van der Waals surface area (Å²) < 4.78 is 0. The summed E-state index contributed by atoms with van der Waals surface area (Å²) in [7, 11) is 2.16. The Hall–Kier alpha value is -4.31. The topological polar surface area (TPSA) is 115 Å². The van der Waals surface area contributed by atoms with Gasteiger partial charge in [-0.25, -0.2) is 9.97 Å². The van der Waals surface area contributed by atoms with Gasteiger partial charge in [0.15, 0.2) is 11.5 Å². The third kappa shape index (κ3) is 4.70. The number of H-pyrrole nitrogens is 2. The minimum absolute atomic E-state index is 0.529. The molecule has 0 amide bonds. The molecular formula is C28H32N10. The Labute approximate surface area is 221 Å². The van der Waals surface area contributed by atoms with Crippen molar-refractivity contribution in [3.63, 3.8) is 0 Å². The average Bonchev–Trinajstić information content (AvgIpc) is 3.52. The number of aromatic nitrogens is 7. The second kappa shape index (κ2) is 9.86. The molecule has 6 rings (SSSR count). The number of fused-ring (bicyclic) bond motifs is 2. The third-order valence-electron chi connectivity index (χ3n) is 6.90. The largest absolute Gasteiger partial charge is 0.367 e. The molecule has 38 heavy (non-hydrogen) atoms. The summed E-state index contributed by atoms with van der Waals surface area (Å²) in [4.78, 5) is 26.7. The Morgan fingerprint density at radius 3 is 2.76 bits per heavy atom. The molecule has 0 spiro atoms. The molecule has 1 aliphatic rings. The minimum Gasteiger partial charge on any atom is -0.367 e. The number of anilines is 2. The maximum atomic E-state index is 4.81. The van der Waals surface area contributed by atoms with Crippen molar-refractivity contribution in [2.75, 3.05) is 43.4 Å². The van der Waals surface area contributed by atoms with Crippen molar-refractivity contribution in [2.45, 2.75) is 20.3 Å². The Bertz CT molecular complexity index is 1610. The number of allylic oxidation sites excluding steroid dienone is 1. The van der Waals surface area contributed by atoms with E-state index in [1.807, 2.05) is 24.5 Å². The smallest absolute Gasteiger partial charge is 0.180 e. The van der Waals surface area contributed by atoms with E-state index in [0.29, 0.717) is 17.4 Å². The van der Waals surface area contributed by atoms with E-state index in [4.69, 9.17) is 4.98 Å². The maximum absolute atomic E-state index is 4.81. The molecule has 194 valence electrons. The van der Waals surface area contributed by atoms with Crippen LogP contribution < -0.4 is 10.2 Å². The normalized spacial score (nSPS) is 14.6. The van der Waals surface area contributed by atoms with Crippen molar-refractivity contribution >= 4 is 33.4 Å². The molecule has 0 unspecified atom stereocenters. The summed E-state index contributed by atoms with van der Waals surface area (Å²) >= 11 is 0. The van der Waals surface area contributed by atoms with Crippen LogP contribution in [0.2, 0.25) is 0 Å². The van der Waals surface area contributed by atoms with Gasteiger partial charge in [0.1, 0.15) is 11.2 Å². The zero-order chi connectivity index (χ0) is 26.2. The van der Waals surface area contributed by atoms with E-state index in [-0.39, 0.29) is 0 Å². The highest BCUT2D eigenvalue weighted by molar-refractivity contribution is 5.96. The van der Waals surface area contributed by atoms with Crippen LogP contribution in [0.15, 0.2) is 55.3 Å². The number of nitrogens with one attached hydrogen (secondary N) is 3. The lowest BCUT2D eigenvalue weighted by Gasteiger charge is -2.34. The Morgan fingerprint density at radius 1 is 1.11 bits per heavy atom. The first kappa shape index (κ1) is 24.1. The van der Waals surface area contributed by atoms with E-state index in [1.165, 1.54) is 0 Å². The monoisotopic (exact) mass is 508 g/mol. The van der Waals surface area contributed by atoms with E-state index in [0.717, 1.165) is 83.0 Å². The van der Waals surface area contributed by atoms with Gasteiger partial charge in [0, 0.05) is 55.2 Å². The van der Waals surface area contributed by atoms with Crippen molar-refractivity contribution < 1.29 is 0 Å². The molecule has 3 N–H and O–H groups in total. The van der Waals surface area contributed by atoms with Crippen LogP contribution in [-0.2, 0) is 0 Å². The number of imidazole rings is 1. The van der Waals surface area contributed by atoms with E-state index in [2.05, 4.69) is 78.8 Å². The van der Waals surface area contributed by atoms with Crippen LogP contribution in [0.25, 0.3) is 44.8 Å². The Morgan fingerprint density at radius 2 is 1.95 bits per heavy atom. The van der Waals surface area contributed by atoms with Crippen LogP contribution in [-0.4, -0.2) is 73.2 Å². The molecule has 1 saturated heterocycles. The van der Waals surface area contributed by atoms with Gasteiger partial charge in [-0.05, 0) is 37.6 Å². The zero-order valence-corrected chi connectivity index (χ0v) is 22.0. The molecule has 10 heteroatoms. The highest BCUT2D eigenvalue weighted by Crippen LogP contribution is 2.32. The predicted molar refractivity (Wildman–Crippen MR) is 152 cm³/mol. The number of aromatic amines is 2. The van der Waals surface area contributed by atoms with Crippen LogP contribution in [0.4, 0.5) is 11.4 Å². The van der Waals surface area contributed by atoms with Crippen LogP contribution in [0.1, 0.15) is 20.3 Å². The summed E-state index contributed by atoms with van der Waals surface area (Å²) in [6.07, 6.45) is 8.15. The summed E-state index contributed by atoms with van der Waals surface area (Å²) in [5, 5.41) is 12.0. The molecule has 10 nitrogen and oxygen atoms in total. The fraction of sp³-hybridized carbons (Fsp3) is 0.321. The second-order valence-electron chi connectivity index (χ2n) is 10.4. The quantitative estimate of drug-likeness (QED) is 0.290. The molecule has 0 atom stereocenters. The highest BCUT2D eigenvalue weighted by Gasteiger charge is 2.20. The summed E-state index contributed by atoms with van der Waals surface area (Å²) in [6, 6.07) is 6.13. The summed E-state index contributed by atoms with van der Waals surface area (Å²) in [5.41, 5.74) is 7.88. The second-order valence-corrected chi connectivity index (χ2v) is 10.4. The van der Waals surface area contributed by atoms with E-state index < -0.39 is 0 Å². The van der Waals surface area contributed by atoms with Gasteiger partial charge in [-0.15, -0.1) is 0 Å². The van der Waals surface area contributed by atoms with Crippen molar-refractivity contribution in [1.29, 1.82) is 0 Å². The average molecular weight is 509 g/mol. The lowest BCUT2D eigenvalue weighted by Crippen LogP contribution is -2.44. The lowest BCUT2D eigenvalue weighted by atomic mass is 10.1. The first-order valence-corrected chi connectivity index (χ1v) is 13.0. The molecule has 1 aliphatic heterocycles. The van der Waals surface area contributed by atoms with Crippen LogP contribution >= 0.6 is 0 Å². The molecule has 0 radical (unpaired) electrons. The molecule has 0 bridgehead atoms. The SMILES string of the molecule is C=C(CC(C)C)Nc1cncc(-c2cc3c(-c4nc5nccc(N6CCN(C)CC6)c5[nH]4)n[nH]c3cn2)c1. The fourth-order valence-corrected chi connectivity index (χ4v) is 4.97. The minimum atomic E-state index is 0.529. The van der Waals surface area contributed by atoms with Crippen molar-refractivity contribution in [2.24, 2.45) is 5.92 Å². The van der Waals surface area contributed by atoms with Gasteiger partial charge < -0.3 is 20.1 Å². The Balaban J connectivity index is 1.34. The summed E-state index contributed by atoms with van der Waals surface area (Å²) in [5.74, 6) is 1.21. The first-order chi connectivity index (χ1) is 18.4. The van der Waals surface area contributed by atoms with Crippen LogP contribution in [0.5, 0.6) is 0 Å². The lowest BCUT2D eigenvalue weighted by molar-refractivity contribution is 0.313. The maximum Gasteiger partial charge on any atom is 0.180 e. The number of pyridine rings is 3. The number of hydrogen-bond donors (Lipinski definition) is 3. The van der Waals surface area contributed by atoms with Gasteiger partial charge in [0.2, 0.25) is 0 Å². The van der Waals surface area contributed by atoms with Crippen molar-refractivity contribution in [1.82, 2.24) is 40.0 Å². The van der Waals surface area contributed by atoms with Gasteiger partial charge >= 0.3 is 0 Å². The van der Waals surface area contributed by atoms with Gasteiger partial charge in [0.05, 0.1) is 35.0 Å². The molecular weight excluding hydrogens is 476 g/mol. The van der Waals surface area contributed by atoms with Crippen molar-refractivity contribution in [3.8, 4) is 22.8 Å². The van der Waals surface area contributed by atoms with E-state index >= 15 is 0 Å². The highest BCUT2D eigenvalue weighted by atomic mass is 15.3. The van der Waals surface area contributed by atoms with E-state index in [1.54, 1.807) is 12.4 Å². The van der Waals surface area contributed by atoms with Gasteiger partial charge in [0.25, 0.3) is 0 Å². The molecule has 5 aromatic heterocycles.